The van der Waals surface area contributed by atoms with Crippen molar-refractivity contribution in [2.24, 2.45) is 10.8 Å². The highest BCUT2D eigenvalue weighted by Crippen LogP contribution is 2.47. The molecule has 0 saturated heterocycles. The molecule has 0 radical (unpaired) electrons. The first-order valence-electron chi connectivity index (χ1n) is 14.4. The van der Waals surface area contributed by atoms with Gasteiger partial charge in [0.25, 0.3) is 0 Å². The monoisotopic (exact) mass is 850 g/mol. The molecular weight excluding hydrogens is 816 g/mol. The number of halogens is 4. The average Bonchev–Trinajstić information content (AvgIpc) is 3.50. The number of hydrogen-bond acceptors (Lipinski definition) is 6. The molecule has 5 rings (SSSR count). The maximum atomic E-state index is 5.15. The molecule has 2 aliphatic rings. The molecule has 2 aliphatic heterocycles. The summed E-state index contributed by atoms with van der Waals surface area (Å²) in [6.07, 6.45) is 0. The van der Waals surface area contributed by atoms with E-state index in [1.165, 1.54) is 0 Å². The van der Waals surface area contributed by atoms with Crippen LogP contribution in [-0.2, 0) is 10.8 Å². The molecular formula is C32H38Br4N8. The van der Waals surface area contributed by atoms with Crippen molar-refractivity contribution < 1.29 is 0 Å². The predicted molar refractivity (Wildman–Crippen MR) is 195 cm³/mol. The van der Waals surface area contributed by atoms with Gasteiger partial charge in [0.05, 0.1) is 17.9 Å². The minimum Gasteiger partial charge on any atom is -0.324 e. The van der Waals surface area contributed by atoms with Crippen molar-refractivity contribution in [3.05, 3.63) is 43.4 Å². The van der Waals surface area contributed by atoms with E-state index in [0.717, 1.165) is 40.2 Å². The van der Waals surface area contributed by atoms with Crippen LogP contribution in [0.1, 0.15) is 118 Å². The number of nitrogens with zero attached hydrogens (tertiary/aromatic N) is 6. The lowest BCUT2D eigenvalue weighted by molar-refractivity contribution is 0.565. The van der Waals surface area contributed by atoms with E-state index in [1.807, 2.05) is 0 Å². The van der Waals surface area contributed by atoms with E-state index in [9.17, 15) is 0 Å². The maximum Gasteiger partial charge on any atom is 0.171 e. The molecule has 2 N–H and O–H groups in total. The van der Waals surface area contributed by atoms with E-state index in [2.05, 4.69) is 157 Å². The number of fused-ring (bicyclic) bond motifs is 8. The van der Waals surface area contributed by atoms with Crippen LogP contribution in [0.25, 0.3) is 42.7 Å². The van der Waals surface area contributed by atoms with E-state index >= 15 is 0 Å². The SMILES string of the molecule is CC(C)(C)C1=C(Br)c2nc1nc1nc(nc3[nH]c(nc4[nH]c(n2)c(C(C)(C)C)c4Br)c(C(C)(C)C)c3Br)C(C(C)(C)C)=C1Br. The van der Waals surface area contributed by atoms with Crippen LogP contribution in [0.5, 0.6) is 0 Å². The van der Waals surface area contributed by atoms with Crippen molar-refractivity contribution in [1.82, 2.24) is 39.9 Å². The molecule has 12 heteroatoms. The zero-order chi connectivity index (χ0) is 32.9. The maximum absolute atomic E-state index is 5.15. The zero-order valence-electron chi connectivity index (χ0n) is 27.2. The van der Waals surface area contributed by atoms with Gasteiger partial charge in [-0.1, -0.05) is 83.1 Å². The fraction of sp³-hybridized carbons (Fsp3) is 0.500. The standard InChI is InChI=1S/C32H38Br4N8/c1-29(2,3)13-17(33)25-37-21(13)41-26-18(34)14(30(4,5)6)23(38-26)43-28-20(36)16(32(10,11)12)24(40-28)44-27-19(35)15(31(7,8)9)22(39-27)42-25/h1-12H3,(H2,37,38,39,40,41,42,43,44). The molecule has 0 aliphatic carbocycles. The van der Waals surface area contributed by atoms with Crippen LogP contribution in [-0.4, -0.2) is 39.9 Å². The predicted octanol–water partition coefficient (Wildman–Crippen LogP) is 10.6. The summed E-state index contributed by atoms with van der Waals surface area (Å²) in [7, 11) is 0. The highest BCUT2D eigenvalue weighted by Gasteiger charge is 2.35. The number of hydrogen-bond donors (Lipinski definition) is 2. The first kappa shape index (κ1) is 33.6. The summed E-state index contributed by atoms with van der Waals surface area (Å²) in [6.45, 7) is 25.8. The molecule has 3 aromatic rings. The summed E-state index contributed by atoms with van der Waals surface area (Å²) in [5.41, 5.74) is 5.52. The quantitative estimate of drug-likeness (QED) is 0.233. The molecule has 0 atom stereocenters. The van der Waals surface area contributed by atoms with E-state index in [4.69, 9.17) is 29.9 Å². The molecule has 8 nitrogen and oxygen atoms in total. The topological polar surface area (TPSA) is 109 Å². The van der Waals surface area contributed by atoms with E-state index < -0.39 is 0 Å². The van der Waals surface area contributed by atoms with Gasteiger partial charge < -0.3 is 9.97 Å². The molecule has 44 heavy (non-hydrogen) atoms. The van der Waals surface area contributed by atoms with Crippen molar-refractivity contribution in [2.75, 3.05) is 0 Å². The van der Waals surface area contributed by atoms with Crippen LogP contribution in [0.3, 0.4) is 0 Å². The minimum atomic E-state index is -0.279. The fourth-order valence-electron chi connectivity index (χ4n) is 5.49. The molecule has 0 aromatic carbocycles. The summed E-state index contributed by atoms with van der Waals surface area (Å²) in [6, 6.07) is 0. The average molecular weight is 854 g/mol. The summed E-state index contributed by atoms with van der Waals surface area (Å²) in [4.78, 5) is 37.4. The number of H-pyrrole nitrogens is 2. The lowest BCUT2D eigenvalue weighted by Crippen LogP contribution is -2.12. The van der Waals surface area contributed by atoms with Crippen LogP contribution < -0.4 is 0 Å². The highest BCUT2D eigenvalue weighted by molar-refractivity contribution is 9.15. The Labute approximate surface area is 292 Å². The Kier molecular flexibility index (Phi) is 8.33. The molecule has 0 amide bonds. The van der Waals surface area contributed by atoms with Gasteiger partial charge in [-0.05, 0) is 85.4 Å². The van der Waals surface area contributed by atoms with Crippen molar-refractivity contribution in [3.8, 4) is 0 Å². The Hall–Kier alpha value is -1.76. The minimum absolute atomic E-state index is 0.249. The lowest BCUT2D eigenvalue weighted by Gasteiger charge is -2.20. The molecule has 8 bridgehead atoms. The zero-order valence-corrected chi connectivity index (χ0v) is 33.5. The normalized spacial score (nSPS) is 15.1. The van der Waals surface area contributed by atoms with E-state index in [-0.39, 0.29) is 21.7 Å². The van der Waals surface area contributed by atoms with Gasteiger partial charge in [-0.2, -0.15) is 0 Å². The molecule has 0 saturated carbocycles. The largest absolute Gasteiger partial charge is 0.324 e. The van der Waals surface area contributed by atoms with Crippen LogP contribution in [0, 0.1) is 10.8 Å². The first-order valence-corrected chi connectivity index (χ1v) is 17.6. The molecule has 0 spiro atoms. The summed E-state index contributed by atoms with van der Waals surface area (Å²) in [5.74, 6) is 2.20. The van der Waals surface area contributed by atoms with Crippen molar-refractivity contribution in [2.45, 2.75) is 93.9 Å². The smallest absolute Gasteiger partial charge is 0.171 e. The Morgan fingerprint density at radius 3 is 1.09 bits per heavy atom. The third-order valence-electron chi connectivity index (χ3n) is 7.38. The second-order valence-electron chi connectivity index (χ2n) is 15.4. The summed E-state index contributed by atoms with van der Waals surface area (Å²) < 4.78 is 3.28. The van der Waals surface area contributed by atoms with Crippen LogP contribution in [0.2, 0.25) is 0 Å². The highest BCUT2D eigenvalue weighted by atomic mass is 79.9. The van der Waals surface area contributed by atoms with Gasteiger partial charge in [0, 0.05) is 22.3 Å². The Bertz CT molecular complexity index is 1940. The second-order valence-corrected chi connectivity index (χ2v) is 18.5. The van der Waals surface area contributed by atoms with Crippen molar-refractivity contribution >= 4 is 106 Å². The Balaban J connectivity index is 2.08. The molecule has 3 aromatic heterocycles. The number of aromatic amines is 2. The number of aromatic nitrogens is 8. The summed E-state index contributed by atoms with van der Waals surface area (Å²) in [5, 5.41) is 0. The summed E-state index contributed by atoms with van der Waals surface area (Å²) >= 11 is 15.5. The Morgan fingerprint density at radius 1 is 0.386 bits per heavy atom. The third kappa shape index (κ3) is 5.93. The van der Waals surface area contributed by atoms with Crippen LogP contribution >= 0.6 is 63.7 Å². The van der Waals surface area contributed by atoms with Gasteiger partial charge in [0.1, 0.15) is 22.6 Å². The number of rotatable bonds is 0. The second kappa shape index (κ2) is 10.9. The van der Waals surface area contributed by atoms with Gasteiger partial charge in [-0.3, -0.25) is 0 Å². The molecule has 0 fully saturated rings. The lowest BCUT2D eigenvalue weighted by atomic mass is 9.86. The number of allylic oxidation sites excluding steroid dienone is 2. The number of nitrogens with one attached hydrogen (secondary N) is 2. The van der Waals surface area contributed by atoms with Gasteiger partial charge >= 0.3 is 0 Å². The van der Waals surface area contributed by atoms with Crippen molar-refractivity contribution in [1.29, 1.82) is 0 Å². The first-order chi connectivity index (χ1) is 20.0. The van der Waals surface area contributed by atoms with E-state index in [1.54, 1.807) is 0 Å². The van der Waals surface area contributed by atoms with Crippen molar-refractivity contribution in [3.63, 3.8) is 0 Å². The van der Waals surface area contributed by atoms with Gasteiger partial charge in [-0.15, -0.1) is 0 Å². The third-order valence-corrected chi connectivity index (χ3v) is 10.4. The van der Waals surface area contributed by atoms with Crippen LogP contribution in [0.15, 0.2) is 8.95 Å². The van der Waals surface area contributed by atoms with Crippen LogP contribution in [0.4, 0.5) is 0 Å². The Morgan fingerprint density at radius 2 is 0.705 bits per heavy atom. The fourth-order valence-corrected chi connectivity index (χ4v) is 9.33. The van der Waals surface area contributed by atoms with E-state index in [0.29, 0.717) is 45.9 Å². The molecule has 234 valence electrons. The van der Waals surface area contributed by atoms with Gasteiger partial charge in [0.15, 0.2) is 23.3 Å². The molecule has 0 unspecified atom stereocenters. The van der Waals surface area contributed by atoms with Gasteiger partial charge in [-0.25, -0.2) is 29.9 Å². The molecule has 5 heterocycles. The van der Waals surface area contributed by atoms with Gasteiger partial charge in [0.2, 0.25) is 0 Å².